The molecule has 7 heteroatoms. The van der Waals surface area contributed by atoms with E-state index >= 15 is 0 Å². The Bertz CT molecular complexity index is 1360. The zero-order valence-electron chi connectivity index (χ0n) is 18.6. The van der Waals surface area contributed by atoms with Gasteiger partial charge in [0.1, 0.15) is 6.04 Å². The number of piperidine rings is 2. The molecule has 3 atom stereocenters. The zero-order chi connectivity index (χ0) is 23.0. The monoisotopic (exact) mass is 452 g/mol. The van der Waals surface area contributed by atoms with Crippen molar-refractivity contribution < 1.29 is 14.4 Å². The number of rotatable bonds is 4. The molecular weight excluding hydrogens is 428 g/mol. The lowest BCUT2D eigenvalue weighted by atomic mass is 9.99. The average molecular weight is 453 g/mol. The van der Waals surface area contributed by atoms with E-state index in [0.717, 1.165) is 36.2 Å². The van der Waals surface area contributed by atoms with Crippen LogP contribution >= 0.6 is 0 Å². The lowest BCUT2D eigenvalue weighted by Crippen LogP contribution is -2.53. The second-order valence-corrected chi connectivity index (χ2v) is 9.93. The molecule has 3 aromatic rings. The van der Waals surface area contributed by atoms with Gasteiger partial charge in [0.05, 0.1) is 16.8 Å². The van der Waals surface area contributed by atoms with Crippen LogP contribution in [0.1, 0.15) is 40.2 Å². The Kier molecular flexibility index (Phi) is 4.21. The van der Waals surface area contributed by atoms with Crippen LogP contribution in [0.25, 0.3) is 10.9 Å². The molecule has 1 aliphatic carbocycles. The molecular formula is C27H24N4O3. The topological polar surface area (TPSA) is 82.6 Å². The summed E-state index contributed by atoms with van der Waals surface area (Å²) in [6.07, 6.45) is 2.31. The maximum absolute atomic E-state index is 13.3. The molecule has 170 valence electrons. The first-order valence-electron chi connectivity index (χ1n) is 12.0. The maximum atomic E-state index is 13.3. The summed E-state index contributed by atoms with van der Waals surface area (Å²) in [5.41, 5.74) is 4.78. The quantitative estimate of drug-likeness (QED) is 0.616. The molecule has 3 amide bonds. The highest BCUT2D eigenvalue weighted by atomic mass is 16.2. The molecule has 7 nitrogen and oxygen atoms in total. The number of anilines is 1. The molecule has 4 aliphatic rings. The van der Waals surface area contributed by atoms with Gasteiger partial charge < -0.3 is 0 Å². The molecule has 7 rings (SSSR count). The number of nitrogens with one attached hydrogen (secondary N) is 1. The number of benzene rings is 2. The van der Waals surface area contributed by atoms with Crippen molar-refractivity contribution in [3.8, 4) is 0 Å². The van der Waals surface area contributed by atoms with Gasteiger partial charge in [0, 0.05) is 37.6 Å². The van der Waals surface area contributed by atoms with Gasteiger partial charge in [0.15, 0.2) is 0 Å². The van der Waals surface area contributed by atoms with Crippen LogP contribution in [0.4, 0.5) is 5.69 Å². The summed E-state index contributed by atoms with van der Waals surface area (Å²) in [6, 6.07) is 15.7. The van der Waals surface area contributed by atoms with Crippen molar-refractivity contribution in [3.05, 3.63) is 71.4 Å². The Labute approximate surface area is 196 Å². The fourth-order valence-electron chi connectivity index (χ4n) is 6.44. The molecule has 0 radical (unpaired) electrons. The minimum Gasteiger partial charge on any atom is -0.298 e. The third-order valence-electron chi connectivity index (χ3n) is 8.01. The van der Waals surface area contributed by atoms with Crippen molar-refractivity contribution in [2.75, 3.05) is 18.0 Å². The number of fused-ring (bicyclic) bond motifs is 1. The van der Waals surface area contributed by atoms with Crippen LogP contribution in [0.5, 0.6) is 0 Å². The zero-order valence-corrected chi connectivity index (χ0v) is 18.6. The first kappa shape index (κ1) is 19.9. The summed E-state index contributed by atoms with van der Waals surface area (Å²) in [5.74, 6) is 0.825. The smallest absolute Gasteiger partial charge is 0.259 e. The first-order valence-corrected chi connectivity index (χ1v) is 12.0. The minimum absolute atomic E-state index is 0.181. The molecule has 3 aliphatic heterocycles. The Morgan fingerprint density at radius 3 is 2.53 bits per heavy atom. The lowest BCUT2D eigenvalue weighted by Gasteiger charge is -2.30. The molecule has 34 heavy (non-hydrogen) atoms. The second-order valence-electron chi connectivity index (χ2n) is 9.93. The van der Waals surface area contributed by atoms with E-state index in [-0.39, 0.29) is 18.2 Å². The number of nitrogens with zero attached hydrogens (tertiary/aromatic N) is 3. The van der Waals surface area contributed by atoms with Gasteiger partial charge in [-0.05, 0) is 47.4 Å². The molecule has 0 spiro atoms. The summed E-state index contributed by atoms with van der Waals surface area (Å²) >= 11 is 0. The number of aromatic nitrogens is 1. The van der Waals surface area contributed by atoms with Gasteiger partial charge >= 0.3 is 0 Å². The van der Waals surface area contributed by atoms with Crippen LogP contribution in [-0.2, 0) is 16.1 Å². The fraction of sp³-hybridized carbons (Fsp3) is 0.333. The number of carbonyl (C=O) groups excluding carboxylic acids is 3. The van der Waals surface area contributed by atoms with E-state index in [0.29, 0.717) is 29.7 Å². The van der Waals surface area contributed by atoms with Crippen molar-refractivity contribution in [1.29, 1.82) is 0 Å². The third kappa shape index (κ3) is 2.86. The lowest BCUT2D eigenvalue weighted by molar-refractivity contribution is -0.134. The van der Waals surface area contributed by atoms with Gasteiger partial charge in [0.25, 0.3) is 5.91 Å². The molecule has 2 saturated heterocycles. The summed E-state index contributed by atoms with van der Waals surface area (Å²) in [7, 11) is 0. The minimum atomic E-state index is -0.668. The number of likely N-dealkylation sites (tertiary alicyclic amines) is 1. The van der Waals surface area contributed by atoms with Gasteiger partial charge in [-0.3, -0.25) is 34.5 Å². The SMILES string of the molecule is O=C1CCC(N2C(=O)c3ccc(C4C5CN(Cc6ccccc6)CC54)c4nccc2c34)C(=O)N1. The van der Waals surface area contributed by atoms with Crippen LogP contribution in [0.15, 0.2) is 54.7 Å². The summed E-state index contributed by atoms with van der Waals surface area (Å²) in [6.45, 7) is 3.14. The van der Waals surface area contributed by atoms with Gasteiger partial charge in [-0.25, -0.2) is 0 Å². The Morgan fingerprint density at radius 1 is 0.971 bits per heavy atom. The summed E-state index contributed by atoms with van der Waals surface area (Å²) in [5, 5.41) is 3.23. The maximum Gasteiger partial charge on any atom is 0.259 e. The summed E-state index contributed by atoms with van der Waals surface area (Å²) in [4.78, 5) is 46.3. The predicted octanol–water partition coefficient (Wildman–Crippen LogP) is 2.85. The largest absolute Gasteiger partial charge is 0.298 e. The van der Waals surface area contributed by atoms with Crippen LogP contribution < -0.4 is 10.2 Å². The van der Waals surface area contributed by atoms with Crippen LogP contribution in [-0.4, -0.2) is 46.7 Å². The highest BCUT2D eigenvalue weighted by molar-refractivity contribution is 6.27. The van der Waals surface area contributed by atoms with E-state index in [1.54, 1.807) is 11.1 Å². The molecule has 3 fully saturated rings. The van der Waals surface area contributed by atoms with E-state index in [1.165, 1.54) is 11.1 Å². The number of carbonyl (C=O) groups is 3. The van der Waals surface area contributed by atoms with E-state index in [2.05, 4.69) is 46.6 Å². The van der Waals surface area contributed by atoms with E-state index < -0.39 is 11.9 Å². The number of imide groups is 1. The average Bonchev–Trinajstić information content (AvgIpc) is 3.18. The molecule has 1 aromatic heterocycles. The van der Waals surface area contributed by atoms with Crippen LogP contribution in [0.3, 0.4) is 0 Å². The Morgan fingerprint density at radius 2 is 1.76 bits per heavy atom. The summed E-state index contributed by atoms with van der Waals surface area (Å²) < 4.78 is 0. The standard InChI is InChI=1S/C27H24N4O3/c32-22-9-8-21(26(33)29-22)31-20-10-11-28-25-16(6-7-17(24(20)25)27(31)34)23-18-13-30(14-19(18)23)12-15-4-2-1-3-5-15/h1-7,10-11,18-19,21,23H,8-9,12-14H2,(H,29,32,33). The number of hydrogen-bond donors (Lipinski definition) is 1. The number of amides is 3. The van der Waals surface area contributed by atoms with Gasteiger partial charge in [-0.15, -0.1) is 0 Å². The highest BCUT2D eigenvalue weighted by Gasteiger charge is 2.57. The van der Waals surface area contributed by atoms with E-state index in [4.69, 9.17) is 4.98 Å². The van der Waals surface area contributed by atoms with Crippen molar-refractivity contribution in [3.63, 3.8) is 0 Å². The van der Waals surface area contributed by atoms with Gasteiger partial charge in [-0.2, -0.15) is 0 Å². The van der Waals surface area contributed by atoms with Crippen LogP contribution in [0.2, 0.25) is 0 Å². The van der Waals surface area contributed by atoms with Crippen molar-refractivity contribution in [2.45, 2.75) is 31.3 Å². The Balaban J connectivity index is 1.18. The highest BCUT2D eigenvalue weighted by Crippen LogP contribution is 2.60. The second kappa shape index (κ2) is 7.21. The fourth-order valence-corrected chi connectivity index (χ4v) is 6.44. The molecule has 0 bridgehead atoms. The first-order chi connectivity index (χ1) is 16.6. The normalized spacial score (nSPS) is 27.9. The number of pyridine rings is 1. The third-order valence-corrected chi connectivity index (χ3v) is 8.01. The van der Waals surface area contributed by atoms with Crippen molar-refractivity contribution >= 4 is 34.3 Å². The van der Waals surface area contributed by atoms with Crippen molar-refractivity contribution in [1.82, 2.24) is 15.2 Å². The van der Waals surface area contributed by atoms with Gasteiger partial charge in [-0.1, -0.05) is 36.4 Å². The van der Waals surface area contributed by atoms with E-state index in [9.17, 15) is 14.4 Å². The van der Waals surface area contributed by atoms with Crippen LogP contribution in [0, 0.1) is 11.8 Å². The number of hydrogen-bond acceptors (Lipinski definition) is 5. The molecule has 1 saturated carbocycles. The molecule has 1 N–H and O–H groups in total. The molecule has 2 aromatic carbocycles. The van der Waals surface area contributed by atoms with E-state index in [1.807, 2.05) is 12.1 Å². The predicted molar refractivity (Wildman–Crippen MR) is 126 cm³/mol. The molecule has 4 heterocycles. The van der Waals surface area contributed by atoms with Gasteiger partial charge in [0.2, 0.25) is 11.8 Å². The van der Waals surface area contributed by atoms with Crippen molar-refractivity contribution in [2.24, 2.45) is 11.8 Å². The molecule has 3 unspecified atom stereocenters. The Hall–Kier alpha value is -3.58.